The lowest BCUT2D eigenvalue weighted by Gasteiger charge is -2.18. The van der Waals surface area contributed by atoms with Gasteiger partial charge in [-0.05, 0) is 25.9 Å². The highest BCUT2D eigenvalue weighted by Gasteiger charge is 2.05. The Bertz CT molecular complexity index is 93.8. The summed E-state index contributed by atoms with van der Waals surface area (Å²) in [5.41, 5.74) is 0. The average Bonchev–Trinajstić information content (AvgIpc) is 2.11. The van der Waals surface area contributed by atoms with Gasteiger partial charge >= 0.3 is 0 Å². The molecule has 0 fully saturated rings. The summed E-state index contributed by atoms with van der Waals surface area (Å²) in [5, 5.41) is 6.76. The second kappa shape index (κ2) is 7.56. The van der Waals surface area contributed by atoms with Crippen molar-refractivity contribution in [1.29, 1.82) is 0 Å². The number of rotatable bonds is 7. The Morgan fingerprint density at radius 2 is 1.75 bits per heavy atom. The molecule has 0 spiro atoms. The minimum atomic E-state index is 0.643. The van der Waals surface area contributed by atoms with Crippen molar-refractivity contribution < 1.29 is 0 Å². The third-order valence-electron chi connectivity index (χ3n) is 2.40. The second-order valence-electron chi connectivity index (χ2n) is 3.58. The Labute approximate surface area is 77.1 Å². The van der Waals surface area contributed by atoms with E-state index >= 15 is 0 Å². The minimum absolute atomic E-state index is 0.643. The summed E-state index contributed by atoms with van der Waals surface area (Å²) in [6.45, 7) is 8.99. The van der Waals surface area contributed by atoms with Crippen molar-refractivity contribution >= 4 is 0 Å². The molecule has 2 unspecified atom stereocenters. The molecule has 0 aliphatic heterocycles. The van der Waals surface area contributed by atoms with E-state index < -0.39 is 0 Å². The van der Waals surface area contributed by atoms with Crippen molar-refractivity contribution in [2.24, 2.45) is 5.92 Å². The van der Waals surface area contributed by atoms with Gasteiger partial charge in [-0.3, -0.25) is 0 Å². The van der Waals surface area contributed by atoms with Crippen molar-refractivity contribution in [3.63, 3.8) is 0 Å². The summed E-state index contributed by atoms with van der Waals surface area (Å²) < 4.78 is 0. The molecule has 2 N–H and O–H groups in total. The third-order valence-corrected chi connectivity index (χ3v) is 2.40. The van der Waals surface area contributed by atoms with Gasteiger partial charge < -0.3 is 10.6 Å². The van der Waals surface area contributed by atoms with Crippen LogP contribution < -0.4 is 10.6 Å². The fourth-order valence-electron chi connectivity index (χ4n) is 1.12. The molecule has 0 aromatic rings. The molecule has 0 saturated carbocycles. The number of hydrogen-bond acceptors (Lipinski definition) is 2. The maximum Gasteiger partial charge on any atom is 0.0189 e. The molecule has 0 aliphatic carbocycles. The van der Waals surface area contributed by atoms with Crippen LogP contribution in [0.2, 0.25) is 0 Å². The zero-order valence-corrected chi connectivity index (χ0v) is 8.98. The van der Waals surface area contributed by atoms with Crippen molar-refractivity contribution in [2.45, 2.75) is 39.7 Å². The van der Waals surface area contributed by atoms with E-state index in [-0.39, 0.29) is 0 Å². The minimum Gasteiger partial charge on any atom is -0.318 e. The molecule has 12 heavy (non-hydrogen) atoms. The fourth-order valence-corrected chi connectivity index (χ4v) is 1.12. The molecule has 0 rings (SSSR count). The fraction of sp³-hybridized carbons (Fsp3) is 1.00. The predicted octanol–water partition coefficient (Wildman–Crippen LogP) is 1.62. The predicted molar refractivity (Wildman–Crippen MR) is 55.5 cm³/mol. The van der Waals surface area contributed by atoms with E-state index in [1.165, 1.54) is 12.8 Å². The maximum atomic E-state index is 3.56. The average molecular weight is 172 g/mol. The van der Waals surface area contributed by atoms with Crippen LogP contribution in [-0.4, -0.2) is 26.2 Å². The van der Waals surface area contributed by atoms with Gasteiger partial charge in [0.2, 0.25) is 0 Å². The summed E-state index contributed by atoms with van der Waals surface area (Å²) in [5.74, 6) is 0.802. The molecule has 0 heterocycles. The summed E-state index contributed by atoms with van der Waals surface area (Å²) in [7, 11) is 2.01. The Morgan fingerprint density at radius 1 is 1.08 bits per heavy atom. The van der Waals surface area contributed by atoms with Crippen molar-refractivity contribution in [3.8, 4) is 0 Å². The molecule has 0 amide bonds. The molecule has 0 saturated heterocycles. The highest BCUT2D eigenvalue weighted by atomic mass is 15.0. The largest absolute Gasteiger partial charge is 0.318 e. The van der Waals surface area contributed by atoms with Crippen LogP contribution in [0.5, 0.6) is 0 Å². The van der Waals surface area contributed by atoms with Crippen LogP contribution in [0, 0.1) is 5.92 Å². The molecular formula is C10H24N2. The first-order valence-electron chi connectivity index (χ1n) is 5.12. The van der Waals surface area contributed by atoms with Gasteiger partial charge in [0.25, 0.3) is 0 Å². The quantitative estimate of drug-likeness (QED) is 0.610. The topological polar surface area (TPSA) is 24.1 Å². The molecule has 0 aromatic heterocycles. The Hall–Kier alpha value is -0.0800. The van der Waals surface area contributed by atoms with Gasteiger partial charge in [-0.25, -0.2) is 0 Å². The summed E-state index contributed by atoms with van der Waals surface area (Å²) in [6.07, 6.45) is 2.47. The lowest BCUT2D eigenvalue weighted by atomic mass is 10.1. The summed E-state index contributed by atoms with van der Waals surface area (Å²) >= 11 is 0. The zero-order chi connectivity index (χ0) is 9.40. The van der Waals surface area contributed by atoms with Crippen LogP contribution in [0.3, 0.4) is 0 Å². The Morgan fingerprint density at radius 3 is 2.17 bits per heavy atom. The van der Waals surface area contributed by atoms with E-state index in [2.05, 4.69) is 31.4 Å². The first-order valence-corrected chi connectivity index (χ1v) is 5.12. The highest BCUT2D eigenvalue weighted by Crippen LogP contribution is 1.99. The second-order valence-corrected chi connectivity index (χ2v) is 3.58. The van der Waals surface area contributed by atoms with E-state index in [9.17, 15) is 0 Å². The number of hydrogen-bond donors (Lipinski definition) is 2. The SMILES string of the molecule is CCC(C)CNC(CC)CNC. The zero-order valence-electron chi connectivity index (χ0n) is 8.98. The van der Waals surface area contributed by atoms with Gasteiger partial charge in [-0.2, -0.15) is 0 Å². The maximum absolute atomic E-state index is 3.56. The molecule has 74 valence electrons. The van der Waals surface area contributed by atoms with Crippen molar-refractivity contribution in [3.05, 3.63) is 0 Å². The van der Waals surface area contributed by atoms with E-state index in [0.717, 1.165) is 19.0 Å². The van der Waals surface area contributed by atoms with E-state index in [4.69, 9.17) is 0 Å². The summed E-state index contributed by atoms with van der Waals surface area (Å²) in [4.78, 5) is 0. The smallest absolute Gasteiger partial charge is 0.0189 e. The standard InChI is InChI=1S/C10H24N2/c1-5-9(3)7-12-10(6-2)8-11-4/h9-12H,5-8H2,1-4H3. The number of likely N-dealkylation sites (N-methyl/N-ethyl adjacent to an activating group) is 1. The van der Waals surface area contributed by atoms with Crippen LogP contribution in [0.15, 0.2) is 0 Å². The van der Waals surface area contributed by atoms with Gasteiger partial charge in [-0.15, -0.1) is 0 Å². The molecule has 2 atom stereocenters. The Balaban J connectivity index is 3.43. The van der Waals surface area contributed by atoms with Gasteiger partial charge in [0.1, 0.15) is 0 Å². The van der Waals surface area contributed by atoms with Crippen LogP contribution in [0.4, 0.5) is 0 Å². The molecule has 2 heteroatoms. The Kier molecular flexibility index (Phi) is 7.51. The normalized spacial score (nSPS) is 16.0. The third kappa shape index (κ3) is 5.56. The lowest BCUT2D eigenvalue weighted by molar-refractivity contribution is 0.420. The van der Waals surface area contributed by atoms with Crippen LogP contribution in [0.1, 0.15) is 33.6 Å². The van der Waals surface area contributed by atoms with Gasteiger partial charge in [0.05, 0.1) is 0 Å². The van der Waals surface area contributed by atoms with Crippen molar-refractivity contribution in [2.75, 3.05) is 20.1 Å². The van der Waals surface area contributed by atoms with E-state index in [1.54, 1.807) is 0 Å². The monoisotopic (exact) mass is 172 g/mol. The van der Waals surface area contributed by atoms with Gasteiger partial charge in [0, 0.05) is 12.6 Å². The van der Waals surface area contributed by atoms with Gasteiger partial charge in [0.15, 0.2) is 0 Å². The van der Waals surface area contributed by atoms with E-state index in [0.29, 0.717) is 6.04 Å². The molecule has 0 aliphatic rings. The van der Waals surface area contributed by atoms with Crippen molar-refractivity contribution in [1.82, 2.24) is 10.6 Å². The molecule has 0 radical (unpaired) electrons. The van der Waals surface area contributed by atoms with Gasteiger partial charge in [-0.1, -0.05) is 27.2 Å². The first kappa shape index (κ1) is 11.9. The van der Waals surface area contributed by atoms with Crippen LogP contribution >= 0.6 is 0 Å². The number of nitrogens with one attached hydrogen (secondary N) is 2. The molecule has 2 nitrogen and oxygen atoms in total. The van der Waals surface area contributed by atoms with E-state index in [1.807, 2.05) is 7.05 Å². The molecule has 0 bridgehead atoms. The first-order chi connectivity index (χ1) is 5.74. The molecular weight excluding hydrogens is 148 g/mol. The van der Waals surface area contributed by atoms with Crippen LogP contribution in [0.25, 0.3) is 0 Å². The summed E-state index contributed by atoms with van der Waals surface area (Å²) in [6, 6.07) is 0.643. The lowest BCUT2D eigenvalue weighted by Crippen LogP contribution is -2.39. The molecule has 0 aromatic carbocycles. The van der Waals surface area contributed by atoms with Crippen LogP contribution in [-0.2, 0) is 0 Å². The highest BCUT2D eigenvalue weighted by molar-refractivity contribution is 4.67.